The van der Waals surface area contributed by atoms with Crippen LogP contribution in [0.2, 0.25) is 12.6 Å². The molecule has 3 aromatic heterocycles. The number of carbonyl (C=O) groups is 1. The molecule has 0 bridgehead atoms. The Morgan fingerprint density at radius 1 is 1.33 bits per heavy atom. The topological polar surface area (TPSA) is 109 Å². The number of aryl methyl sites for hydroxylation is 1. The highest BCUT2D eigenvalue weighted by atomic mass is 16.5. The average Bonchev–Trinajstić information content (AvgIpc) is 3.36. The molecule has 30 heavy (non-hydrogen) atoms. The molecule has 1 fully saturated rings. The lowest BCUT2D eigenvalue weighted by molar-refractivity contribution is 0.102. The number of anilines is 1. The number of carbonyl (C=O) groups excluding carboxylic acids is 1. The second kappa shape index (κ2) is 7.15. The Hall–Kier alpha value is -3.93. The number of benzene rings is 1. The third kappa shape index (κ3) is 3.12. The monoisotopic (exact) mass is 396 g/mol. The van der Waals surface area contributed by atoms with Crippen molar-refractivity contribution in [1.29, 1.82) is 5.26 Å². The van der Waals surface area contributed by atoms with Gasteiger partial charge in [0.1, 0.15) is 11.3 Å². The molecule has 0 aliphatic carbocycles. The number of aromatic nitrogens is 4. The number of hydrogen-bond donors (Lipinski definition) is 1. The number of fused-ring (bicyclic) bond motifs is 1. The van der Waals surface area contributed by atoms with E-state index in [0.717, 1.165) is 23.8 Å². The molecule has 9 heteroatoms. The normalized spacial score (nSPS) is 13.8. The van der Waals surface area contributed by atoms with Gasteiger partial charge in [-0.25, -0.2) is 10.2 Å². The molecule has 1 N–H and O–H groups in total. The Bertz CT molecular complexity index is 1300. The number of imidazole rings is 1. The van der Waals surface area contributed by atoms with Gasteiger partial charge < -0.3 is 9.84 Å². The molecule has 0 unspecified atom stereocenters. The van der Waals surface area contributed by atoms with Crippen LogP contribution >= 0.6 is 0 Å². The maximum absolute atomic E-state index is 12.8. The molecule has 0 spiro atoms. The number of rotatable bonds is 4. The molecule has 0 saturated carbocycles. The summed E-state index contributed by atoms with van der Waals surface area (Å²) < 4.78 is 7.15. The maximum atomic E-state index is 12.8. The van der Waals surface area contributed by atoms with Gasteiger partial charge in [-0.1, -0.05) is 23.4 Å². The number of pyridine rings is 1. The summed E-state index contributed by atoms with van der Waals surface area (Å²) in [5.74, 6) is 3.19. The lowest BCUT2D eigenvalue weighted by atomic mass is 9.32. The minimum Gasteiger partial charge on any atom is -0.339 e. The van der Waals surface area contributed by atoms with Crippen molar-refractivity contribution in [3.63, 3.8) is 0 Å². The highest BCUT2D eigenvalue weighted by molar-refractivity contribution is 6.70. The van der Waals surface area contributed by atoms with Crippen LogP contribution in [0.4, 0.5) is 5.69 Å². The van der Waals surface area contributed by atoms with Crippen molar-refractivity contribution >= 4 is 24.0 Å². The van der Waals surface area contributed by atoms with E-state index in [1.54, 1.807) is 16.8 Å². The van der Waals surface area contributed by atoms with E-state index in [-0.39, 0.29) is 18.5 Å². The Labute approximate surface area is 172 Å². The fourth-order valence-corrected chi connectivity index (χ4v) is 3.63. The van der Waals surface area contributed by atoms with Gasteiger partial charge in [0.15, 0.2) is 0 Å². The summed E-state index contributed by atoms with van der Waals surface area (Å²) in [6.07, 6.45) is 4.88. The molecule has 4 aromatic rings. The first kappa shape index (κ1) is 18.1. The third-order valence-electron chi connectivity index (χ3n) is 5.51. The van der Waals surface area contributed by atoms with Gasteiger partial charge in [-0.15, -0.1) is 0 Å². The smallest absolute Gasteiger partial charge is 0.274 e. The van der Waals surface area contributed by atoms with Crippen molar-refractivity contribution in [3.05, 3.63) is 65.9 Å². The van der Waals surface area contributed by atoms with Gasteiger partial charge in [0, 0.05) is 29.3 Å². The lowest BCUT2D eigenvalue weighted by Crippen LogP contribution is -2.28. The molecular weight excluding hydrogens is 379 g/mol. The van der Waals surface area contributed by atoms with Crippen LogP contribution in [0.15, 0.2) is 53.3 Å². The minimum atomic E-state index is -0.250. The Balaban J connectivity index is 1.38. The van der Waals surface area contributed by atoms with Gasteiger partial charge in [-0.05, 0) is 43.3 Å². The third-order valence-corrected chi connectivity index (χ3v) is 5.51. The molecule has 0 atom stereocenters. The summed E-state index contributed by atoms with van der Waals surface area (Å²) in [5.41, 5.74) is 3.50. The van der Waals surface area contributed by atoms with Gasteiger partial charge >= 0.3 is 0 Å². The first-order valence-electron chi connectivity index (χ1n) is 9.70. The van der Waals surface area contributed by atoms with Gasteiger partial charge in [0.25, 0.3) is 12.6 Å². The second-order valence-corrected chi connectivity index (χ2v) is 7.51. The van der Waals surface area contributed by atoms with Gasteiger partial charge in [0.2, 0.25) is 11.7 Å². The van der Waals surface area contributed by atoms with Gasteiger partial charge in [-0.3, -0.25) is 9.20 Å². The lowest BCUT2D eigenvalue weighted by Gasteiger charge is -2.23. The fourth-order valence-electron chi connectivity index (χ4n) is 3.63. The number of nitriles is 1. The molecule has 1 aliphatic heterocycles. The van der Waals surface area contributed by atoms with Gasteiger partial charge in [0.05, 0.1) is 6.20 Å². The molecule has 1 aromatic carbocycles. The number of nitrogens with one attached hydrogen (secondary N) is 1. The first-order valence-corrected chi connectivity index (χ1v) is 9.70. The Morgan fingerprint density at radius 3 is 3.03 bits per heavy atom. The quantitative estimate of drug-likeness (QED) is 0.528. The van der Waals surface area contributed by atoms with Crippen molar-refractivity contribution in [3.8, 4) is 17.4 Å². The van der Waals surface area contributed by atoms with Crippen molar-refractivity contribution in [2.75, 3.05) is 5.32 Å². The summed E-state index contributed by atoms with van der Waals surface area (Å²) in [7, 11) is 0. The molecule has 5 rings (SSSR count). The average molecular weight is 396 g/mol. The van der Waals surface area contributed by atoms with Crippen LogP contribution in [-0.2, 0) is 0 Å². The molecule has 146 valence electrons. The Kier molecular flexibility index (Phi) is 4.32. The predicted octanol–water partition coefficient (Wildman–Crippen LogP) is 3.60. The van der Waals surface area contributed by atoms with Crippen molar-refractivity contribution in [1.82, 2.24) is 19.5 Å². The summed E-state index contributed by atoms with van der Waals surface area (Å²) >= 11 is 0. The van der Waals surface area contributed by atoms with E-state index in [2.05, 4.69) is 26.4 Å². The zero-order valence-corrected chi connectivity index (χ0v) is 16.2. The summed E-state index contributed by atoms with van der Waals surface area (Å²) in [5, 5.41) is 16.0. The zero-order chi connectivity index (χ0) is 20.7. The van der Waals surface area contributed by atoms with Crippen LogP contribution in [0.3, 0.4) is 0 Å². The SMILES string of the molecule is Cc1ccc(-c2noc(C3CB(C#N)C3)n2)cc1NC(=O)c1cnc2ccccn12. The van der Waals surface area contributed by atoms with Gasteiger partial charge in [-0.2, -0.15) is 4.98 Å². The summed E-state index contributed by atoms with van der Waals surface area (Å²) in [6.45, 7) is 2.00. The zero-order valence-electron chi connectivity index (χ0n) is 16.2. The molecule has 8 nitrogen and oxygen atoms in total. The van der Waals surface area contributed by atoms with Crippen molar-refractivity contribution in [2.45, 2.75) is 25.5 Å². The standard InChI is InChI=1S/C21H17BN6O2/c1-13-5-6-14(19-26-21(30-27-19)15-9-22(10-15)12-23)8-16(13)25-20(29)17-11-24-18-4-2-3-7-28(17)18/h2-8,11,15H,9-10H2,1H3,(H,25,29). The molecule has 1 aliphatic rings. The Morgan fingerprint density at radius 2 is 2.20 bits per heavy atom. The summed E-state index contributed by atoms with van der Waals surface area (Å²) in [4.78, 5) is 21.6. The minimum absolute atomic E-state index is 0.0752. The van der Waals surface area contributed by atoms with Crippen LogP contribution in [0.1, 0.15) is 27.9 Å². The van der Waals surface area contributed by atoms with E-state index in [0.29, 0.717) is 28.7 Å². The van der Waals surface area contributed by atoms with Crippen LogP contribution in [0.25, 0.3) is 17.0 Å². The predicted molar refractivity (Wildman–Crippen MR) is 111 cm³/mol. The molecule has 1 saturated heterocycles. The van der Waals surface area contributed by atoms with E-state index in [1.165, 1.54) is 0 Å². The number of amides is 1. The van der Waals surface area contributed by atoms with E-state index in [1.807, 2.05) is 43.3 Å². The second-order valence-electron chi connectivity index (χ2n) is 7.51. The molecule has 1 amide bonds. The van der Waals surface area contributed by atoms with Crippen molar-refractivity contribution in [2.24, 2.45) is 0 Å². The van der Waals surface area contributed by atoms with Crippen LogP contribution in [-0.4, -0.2) is 32.1 Å². The van der Waals surface area contributed by atoms with E-state index in [4.69, 9.17) is 9.78 Å². The largest absolute Gasteiger partial charge is 0.339 e. The van der Waals surface area contributed by atoms with E-state index >= 15 is 0 Å². The number of hydrogen-bond acceptors (Lipinski definition) is 6. The maximum Gasteiger partial charge on any atom is 0.274 e. The van der Waals surface area contributed by atoms with Crippen LogP contribution in [0.5, 0.6) is 0 Å². The van der Waals surface area contributed by atoms with E-state index in [9.17, 15) is 4.79 Å². The highest BCUT2D eigenvalue weighted by Gasteiger charge is 2.37. The van der Waals surface area contributed by atoms with Crippen LogP contribution in [0, 0.1) is 18.2 Å². The fraction of sp³-hybridized carbons (Fsp3) is 0.190. The highest BCUT2D eigenvalue weighted by Crippen LogP contribution is 2.37. The van der Waals surface area contributed by atoms with E-state index < -0.39 is 0 Å². The van der Waals surface area contributed by atoms with Crippen LogP contribution < -0.4 is 5.32 Å². The molecule has 4 heterocycles. The number of nitrogens with zero attached hydrogens (tertiary/aromatic N) is 5. The summed E-state index contributed by atoms with van der Waals surface area (Å²) in [6, 6.07) is 11.2. The molecular formula is C21H17BN6O2. The first-order chi connectivity index (χ1) is 14.6. The van der Waals surface area contributed by atoms with Crippen molar-refractivity contribution < 1.29 is 9.32 Å². The molecule has 0 radical (unpaired) electrons.